The zero-order valence-corrected chi connectivity index (χ0v) is 15.7. The number of benzene rings is 1. The van der Waals surface area contributed by atoms with Crippen molar-refractivity contribution in [2.75, 3.05) is 13.2 Å². The summed E-state index contributed by atoms with van der Waals surface area (Å²) in [5.74, 6) is 0.854. The Morgan fingerprint density at radius 2 is 2.00 bits per heavy atom. The molecule has 0 unspecified atom stereocenters. The first-order valence-corrected chi connectivity index (χ1v) is 7.00. The van der Waals surface area contributed by atoms with Gasteiger partial charge in [-0.05, 0) is 24.5 Å². The van der Waals surface area contributed by atoms with Crippen LogP contribution in [0.2, 0.25) is 0 Å². The first-order valence-electron chi connectivity index (χ1n) is 7.00. The average Bonchev–Trinajstić information content (AvgIpc) is 2.41. The summed E-state index contributed by atoms with van der Waals surface area (Å²) in [6.45, 7) is 5.36. The Morgan fingerprint density at radius 1 is 1.35 bits per heavy atom. The first-order chi connectivity index (χ1) is 10.2. The maximum absolute atomic E-state index is 12.3. The van der Waals surface area contributed by atoms with E-state index in [0.29, 0.717) is 18.0 Å². The fourth-order valence-electron chi connectivity index (χ4n) is 1.62. The Balaban J connectivity index is 0.00000484. The summed E-state index contributed by atoms with van der Waals surface area (Å²) in [7, 11) is 0. The highest BCUT2D eigenvalue weighted by Gasteiger charge is 2.28. The van der Waals surface area contributed by atoms with Crippen LogP contribution in [0, 0.1) is 12.8 Å². The van der Waals surface area contributed by atoms with E-state index in [0.717, 1.165) is 5.56 Å². The third-order valence-electron chi connectivity index (χ3n) is 2.73. The lowest BCUT2D eigenvalue weighted by atomic mass is 10.1. The van der Waals surface area contributed by atoms with Crippen LogP contribution in [-0.2, 0) is 6.54 Å². The van der Waals surface area contributed by atoms with E-state index in [9.17, 15) is 13.2 Å². The fraction of sp³-hybridized carbons (Fsp3) is 0.533. The van der Waals surface area contributed by atoms with Crippen LogP contribution in [-0.4, -0.2) is 25.3 Å². The number of ether oxygens (including phenoxy) is 1. The molecule has 0 aliphatic rings. The van der Waals surface area contributed by atoms with E-state index in [-0.39, 0.29) is 42.2 Å². The molecule has 23 heavy (non-hydrogen) atoms. The number of nitrogens with two attached hydrogens (primary N) is 1. The van der Waals surface area contributed by atoms with Gasteiger partial charge >= 0.3 is 6.18 Å². The third-order valence-corrected chi connectivity index (χ3v) is 2.73. The van der Waals surface area contributed by atoms with Crippen LogP contribution in [0.15, 0.2) is 23.2 Å². The third kappa shape index (κ3) is 9.52. The molecule has 0 radical (unpaired) electrons. The summed E-state index contributed by atoms with van der Waals surface area (Å²) in [6, 6.07) is 5.05. The molecular weight excluding hydrogens is 422 g/mol. The number of nitrogens with one attached hydrogen (secondary N) is 1. The van der Waals surface area contributed by atoms with E-state index in [1.165, 1.54) is 0 Å². The van der Waals surface area contributed by atoms with Crippen molar-refractivity contribution in [3.8, 4) is 5.75 Å². The number of nitrogens with zero attached hydrogens (tertiary/aromatic N) is 1. The van der Waals surface area contributed by atoms with Gasteiger partial charge in [-0.3, -0.25) is 0 Å². The minimum absolute atomic E-state index is 0. The monoisotopic (exact) mass is 445 g/mol. The molecule has 1 aromatic rings. The molecule has 0 aromatic heterocycles. The lowest BCUT2D eigenvalue weighted by molar-refractivity contribution is -0.153. The van der Waals surface area contributed by atoms with E-state index in [2.05, 4.69) is 10.3 Å². The zero-order valence-electron chi connectivity index (χ0n) is 13.4. The molecule has 0 bridgehead atoms. The molecular formula is C15H23F3IN3O. The predicted molar refractivity (Wildman–Crippen MR) is 96.3 cm³/mol. The molecule has 0 aliphatic heterocycles. The Kier molecular flexibility index (Phi) is 9.33. The van der Waals surface area contributed by atoms with E-state index < -0.39 is 12.8 Å². The number of rotatable bonds is 6. The van der Waals surface area contributed by atoms with Gasteiger partial charge in [-0.15, -0.1) is 24.0 Å². The summed E-state index contributed by atoms with van der Waals surface area (Å²) in [4.78, 5) is 4.12. The van der Waals surface area contributed by atoms with Crippen LogP contribution >= 0.6 is 24.0 Å². The van der Waals surface area contributed by atoms with E-state index in [1.807, 2.05) is 13.8 Å². The van der Waals surface area contributed by atoms with Gasteiger partial charge in [-0.2, -0.15) is 13.2 Å². The van der Waals surface area contributed by atoms with Gasteiger partial charge in [0.1, 0.15) is 5.75 Å². The molecule has 0 saturated carbocycles. The number of aliphatic imine (C=N–C) groups is 1. The Bertz CT molecular complexity index is 519. The van der Waals surface area contributed by atoms with Crippen molar-refractivity contribution in [2.45, 2.75) is 33.5 Å². The van der Waals surface area contributed by atoms with Gasteiger partial charge in [0, 0.05) is 12.1 Å². The normalized spacial score (nSPS) is 12.0. The lowest BCUT2D eigenvalue weighted by Gasteiger charge is -2.13. The standard InChI is InChI=1S/C15H22F3N3O.HI/c1-10(2)7-20-14(19)21-8-12-5-4-11(3)6-13(12)22-9-15(16,17)18;/h4-6,10H,7-9H2,1-3H3,(H3,19,20,21);1H. The van der Waals surface area contributed by atoms with Crippen molar-refractivity contribution in [1.29, 1.82) is 0 Å². The summed E-state index contributed by atoms with van der Waals surface area (Å²) >= 11 is 0. The number of alkyl halides is 3. The molecule has 4 nitrogen and oxygen atoms in total. The van der Waals surface area contributed by atoms with Gasteiger partial charge in [0.25, 0.3) is 0 Å². The van der Waals surface area contributed by atoms with Crippen molar-refractivity contribution in [1.82, 2.24) is 5.32 Å². The van der Waals surface area contributed by atoms with E-state index in [1.54, 1.807) is 25.1 Å². The highest BCUT2D eigenvalue weighted by molar-refractivity contribution is 14.0. The largest absolute Gasteiger partial charge is 0.484 e. The zero-order chi connectivity index (χ0) is 16.8. The van der Waals surface area contributed by atoms with Gasteiger partial charge in [0.2, 0.25) is 0 Å². The van der Waals surface area contributed by atoms with E-state index >= 15 is 0 Å². The van der Waals surface area contributed by atoms with Crippen molar-refractivity contribution < 1.29 is 17.9 Å². The molecule has 0 fully saturated rings. The van der Waals surface area contributed by atoms with Crippen molar-refractivity contribution in [2.24, 2.45) is 16.6 Å². The predicted octanol–water partition coefficient (Wildman–Crippen LogP) is 3.61. The van der Waals surface area contributed by atoms with Gasteiger partial charge < -0.3 is 15.8 Å². The topological polar surface area (TPSA) is 59.6 Å². The second-order valence-corrected chi connectivity index (χ2v) is 5.49. The molecule has 0 spiro atoms. The molecule has 0 aliphatic carbocycles. The number of halogens is 4. The molecule has 1 rings (SSSR count). The van der Waals surface area contributed by atoms with Gasteiger partial charge in [0.05, 0.1) is 6.54 Å². The Morgan fingerprint density at radius 3 is 2.57 bits per heavy atom. The minimum atomic E-state index is -4.37. The quantitative estimate of drug-likeness (QED) is 0.400. The number of guanidine groups is 1. The maximum Gasteiger partial charge on any atom is 0.422 e. The molecule has 0 atom stereocenters. The summed E-state index contributed by atoms with van der Waals surface area (Å²) < 4.78 is 41.7. The number of hydrogen-bond acceptors (Lipinski definition) is 2. The lowest BCUT2D eigenvalue weighted by Crippen LogP contribution is -2.34. The van der Waals surface area contributed by atoms with Crippen LogP contribution in [0.3, 0.4) is 0 Å². The first kappa shape index (κ1) is 21.8. The van der Waals surface area contributed by atoms with Crippen molar-refractivity contribution in [3.05, 3.63) is 29.3 Å². The van der Waals surface area contributed by atoms with Gasteiger partial charge in [-0.1, -0.05) is 26.0 Å². The van der Waals surface area contributed by atoms with Crippen molar-refractivity contribution in [3.63, 3.8) is 0 Å². The highest BCUT2D eigenvalue weighted by Crippen LogP contribution is 2.24. The van der Waals surface area contributed by atoms with Crippen LogP contribution in [0.4, 0.5) is 13.2 Å². The maximum atomic E-state index is 12.3. The van der Waals surface area contributed by atoms with Gasteiger partial charge in [-0.25, -0.2) is 4.99 Å². The van der Waals surface area contributed by atoms with Crippen LogP contribution in [0.1, 0.15) is 25.0 Å². The fourth-order valence-corrected chi connectivity index (χ4v) is 1.62. The SMILES string of the molecule is Cc1ccc(CN=C(N)NCC(C)C)c(OCC(F)(F)F)c1.I. The average molecular weight is 445 g/mol. The smallest absolute Gasteiger partial charge is 0.422 e. The van der Waals surface area contributed by atoms with E-state index in [4.69, 9.17) is 10.5 Å². The minimum Gasteiger partial charge on any atom is -0.484 e. The Hall–Kier alpha value is -1.19. The van der Waals surface area contributed by atoms with Crippen LogP contribution in [0.25, 0.3) is 0 Å². The number of hydrogen-bond donors (Lipinski definition) is 2. The van der Waals surface area contributed by atoms with Crippen molar-refractivity contribution >= 4 is 29.9 Å². The number of aryl methyl sites for hydroxylation is 1. The second kappa shape index (κ2) is 9.84. The van der Waals surface area contributed by atoms with Crippen LogP contribution < -0.4 is 15.8 Å². The molecule has 3 N–H and O–H groups in total. The molecule has 132 valence electrons. The molecule has 8 heteroatoms. The summed E-state index contributed by atoms with van der Waals surface area (Å²) in [6.07, 6.45) is -4.37. The molecule has 0 saturated heterocycles. The van der Waals surface area contributed by atoms with Crippen LogP contribution in [0.5, 0.6) is 5.75 Å². The summed E-state index contributed by atoms with van der Waals surface area (Å²) in [5.41, 5.74) is 7.09. The van der Waals surface area contributed by atoms with Gasteiger partial charge in [0.15, 0.2) is 12.6 Å². The Labute approximate surface area is 151 Å². The molecule has 0 amide bonds. The molecule has 1 aromatic carbocycles. The summed E-state index contributed by atoms with van der Waals surface area (Å²) in [5, 5.41) is 2.95. The highest BCUT2D eigenvalue weighted by atomic mass is 127. The second-order valence-electron chi connectivity index (χ2n) is 5.49. The molecule has 0 heterocycles.